The van der Waals surface area contributed by atoms with E-state index in [4.69, 9.17) is 9.84 Å². The Morgan fingerprint density at radius 3 is 2.67 bits per heavy atom. The maximum Gasteiger partial charge on any atom is 0.225 e. The van der Waals surface area contributed by atoms with Gasteiger partial charge in [-0.2, -0.15) is 0 Å². The molecule has 0 unspecified atom stereocenters. The number of hydrogen-bond acceptors (Lipinski definition) is 5. The first-order valence-corrected chi connectivity index (χ1v) is 6.25. The second-order valence-corrected chi connectivity index (χ2v) is 4.77. The second-order valence-electron chi connectivity index (χ2n) is 4.77. The van der Waals surface area contributed by atoms with Crippen molar-refractivity contribution < 1.29 is 9.84 Å². The van der Waals surface area contributed by atoms with Crippen molar-refractivity contribution in [3.8, 4) is 0 Å². The van der Waals surface area contributed by atoms with E-state index in [2.05, 4.69) is 28.7 Å². The van der Waals surface area contributed by atoms with Gasteiger partial charge in [-0.05, 0) is 12.8 Å². The molecule has 0 spiro atoms. The number of ether oxygens (including phenoxy) is 1. The zero-order valence-electron chi connectivity index (χ0n) is 11.7. The summed E-state index contributed by atoms with van der Waals surface area (Å²) >= 11 is 0. The summed E-state index contributed by atoms with van der Waals surface area (Å²) in [7, 11) is 1.69. The van der Waals surface area contributed by atoms with Crippen LogP contribution in [-0.2, 0) is 11.3 Å². The first-order valence-electron chi connectivity index (χ1n) is 6.25. The minimum Gasteiger partial charge on any atom is -0.392 e. The van der Waals surface area contributed by atoms with E-state index in [0.717, 1.165) is 24.3 Å². The van der Waals surface area contributed by atoms with Gasteiger partial charge in [-0.15, -0.1) is 0 Å². The SMILES string of the molecule is COCCN(CC(C)C)c1ncc(CO)c(C)n1. The van der Waals surface area contributed by atoms with Crippen LogP contribution in [0.25, 0.3) is 0 Å². The van der Waals surface area contributed by atoms with Crippen LogP contribution >= 0.6 is 0 Å². The monoisotopic (exact) mass is 253 g/mol. The van der Waals surface area contributed by atoms with Gasteiger partial charge in [0.05, 0.1) is 13.2 Å². The van der Waals surface area contributed by atoms with Crippen molar-refractivity contribution in [3.63, 3.8) is 0 Å². The van der Waals surface area contributed by atoms with E-state index in [9.17, 15) is 0 Å². The minimum atomic E-state index is -0.0195. The quantitative estimate of drug-likeness (QED) is 0.795. The maximum atomic E-state index is 9.12. The van der Waals surface area contributed by atoms with Gasteiger partial charge in [0, 0.05) is 37.7 Å². The van der Waals surface area contributed by atoms with Gasteiger partial charge in [0.2, 0.25) is 5.95 Å². The summed E-state index contributed by atoms with van der Waals surface area (Å²) in [5, 5.41) is 9.12. The molecule has 1 N–H and O–H groups in total. The Morgan fingerprint density at radius 2 is 2.17 bits per heavy atom. The molecule has 1 rings (SSSR count). The number of aryl methyl sites for hydroxylation is 1. The highest BCUT2D eigenvalue weighted by Crippen LogP contribution is 2.13. The average Bonchev–Trinajstić information content (AvgIpc) is 2.34. The van der Waals surface area contributed by atoms with E-state index in [0.29, 0.717) is 18.5 Å². The number of methoxy groups -OCH3 is 1. The minimum absolute atomic E-state index is 0.0195. The number of nitrogens with zero attached hydrogens (tertiary/aromatic N) is 3. The highest BCUT2D eigenvalue weighted by atomic mass is 16.5. The molecule has 0 atom stereocenters. The standard InChI is InChI=1S/C13H23N3O2/c1-10(2)8-16(5-6-18-4)13-14-7-12(9-17)11(3)15-13/h7,10,17H,5-6,8-9H2,1-4H3. The molecule has 1 heterocycles. The lowest BCUT2D eigenvalue weighted by Crippen LogP contribution is -2.32. The Labute approximate surface area is 109 Å². The van der Waals surface area contributed by atoms with Crippen molar-refractivity contribution in [2.45, 2.75) is 27.4 Å². The third-order valence-electron chi connectivity index (χ3n) is 2.67. The van der Waals surface area contributed by atoms with E-state index in [-0.39, 0.29) is 6.61 Å². The smallest absolute Gasteiger partial charge is 0.225 e. The molecule has 0 fully saturated rings. The Bertz CT molecular complexity index is 369. The molecule has 0 aliphatic heterocycles. The molecule has 0 amide bonds. The van der Waals surface area contributed by atoms with Crippen molar-refractivity contribution in [3.05, 3.63) is 17.5 Å². The van der Waals surface area contributed by atoms with E-state index in [1.54, 1.807) is 13.3 Å². The molecule has 0 aromatic carbocycles. The summed E-state index contributed by atoms with van der Waals surface area (Å²) in [5.74, 6) is 1.23. The van der Waals surface area contributed by atoms with Crippen molar-refractivity contribution in [1.29, 1.82) is 0 Å². The number of aliphatic hydroxyl groups is 1. The Kier molecular flexibility index (Phi) is 6.01. The molecule has 0 radical (unpaired) electrons. The fourth-order valence-corrected chi connectivity index (χ4v) is 1.70. The fraction of sp³-hybridized carbons (Fsp3) is 0.692. The molecule has 1 aromatic heterocycles. The van der Waals surface area contributed by atoms with E-state index in [1.807, 2.05) is 6.92 Å². The summed E-state index contributed by atoms with van der Waals surface area (Å²) < 4.78 is 5.11. The normalized spacial score (nSPS) is 11.0. The summed E-state index contributed by atoms with van der Waals surface area (Å²) in [6.07, 6.45) is 1.69. The van der Waals surface area contributed by atoms with Gasteiger partial charge in [-0.3, -0.25) is 0 Å². The van der Waals surface area contributed by atoms with E-state index in [1.165, 1.54) is 0 Å². The number of aliphatic hydroxyl groups excluding tert-OH is 1. The van der Waals surface area contributed by atoms with Crippen LogP contribution in [0.5, 0.6) is 0 Å². The lowest BCUT2D eigenvalue weighted by molar-refractivity contribution is 0.204. The largest absolute Gasteiger partial charge is 0.392 e. The molecular weight excluding hydrogens is 230 g/mol. The number of rotatable bonds is 7. The molecule has 0 aliphatic carbocycles. The summed E-state index contributed by atoms with van der Waals surface area (Å²) in [5.41, 5.74) is 1.60. The number of anilines is 1. The summed E-state index contributed by atoms with van der Waals surface area (Å²) in [6, 6.07) is 0. The third-order valence-corrected chi connectivity index (χ3v) is 2.67. The lowest BCUT2D eigenvalue weighted by atomic mass is 10.2. The Balaban J connectivity index is 2.86. The molecule has 0 saturated carbocycles. The van der Waals surface area contributed by atoms with Gasteiger partial charge in [0.1, 0.15) is 0 Å². The Hall–Kier alpha value is -1.20. The molecule has 0 bridgehead atoms. The molecule has 18 heavy (non-hydrogen) atoms. The predicted molar refractivity (Wildman–Crippen MR) is 71.6 cm³/mol. The Morgan fingerprint density at radius 1 is 1.44 bits per heavy atom. The fourth-order valence-electron chi connectivity index (χ4n) is 1.70. The van der Waals surface area contributed by atoms with Gasteiger partial charge in [-0.1, -0.05) is 13.8 Å². The van der Waals surface area contributed by atoms with Gasteiger partial charge < -0.3 is 14.7 Å². The van der Waals surface area contributed by atoms with Crippen molar-refractivity contribution in [2.75, 3.05) is 31.7 Å². The van der Waals surface area contributed by atoms with Crippen LogP contribution in [0.4, 0.5) is 5.95 Å². The maximum absolute atomic E-state index is 9.12. The van der Waals surface area contributed by atoms with Gasteiger partial charge in [0.15, 0.2) is 0 Å². The number of aromatic nitrogens is 2. The van der Waals surface area contributed by atoms with Crippen molar-refractivity contribution in [1.82, 2.24) is 9.97 Å². The average molecular weight is 253 g/mol. The van der Waals surface area contributed by atoms with Crippen LogP contribution in [0.1, 0.15) is 25.1 Å². The van der Waals surface area contributed by atoms with Gasteiger partial charge >= 0.3 is 0 Å². The van der Waals surface area contributed by atoms with Crippen LogP contribution in [0.2, 0.25) is 0 Å². The second kappa shape index (κ2) is 7.28. The van der Waals surface area contributed by atoms with E-state index < -0.39 is 0 Å². The van der Waals surface area contributed by atoms with Crippen LogP contribution in [0, 0.1) is 12.8 Å². The zero-order valence-corrected chi connectivity index (χ0v) is 11.7. The molecule has 5 heteroatoms. The van der Waals surface area contributed by atoms with Crippen molar-refractivity contribution >= 4 is 5.95 Å². The molecule has 0 saturated heterocycles. The number of hydrogen-bond donors (Lipinski definition) is 1. The highest BCUT2D eigenvalue weighted by Gasteiger charge is 2.12. The van der Waals surface area contributed by atoms with Crippen LogP contribution in [-0.4, -0.2) is 41.9 Å². The first-order chi connectivity index (χ1) is 8.58. The first kappa shape index (κ1) is 14.9. The molecular formula is C13H23N3O2. The molecule has 1 aromatic rings. The van der Waals surface area contributed by atoms with Gasteiger partial charge in [-0.25, -0.2) is 9.97 Å². The summed E-state index contributed by atoms with van der Waals surface area (Å²) in [4.78, 5) is 10.9. The lowest BCUT2D eigenvalue weighted by Gasteiger charge is -2.24. The predicted octanol–water partition coefficient (Wildman–Crippen LogP) is 1.39. The van der Waals surface area contributed by atoms with E-state index >= 15 is 0 Å². The van der Waals surface area contributed by atoms with Crippen LogP contribution in [0.15, 0.2) is 6.20 Å². The molecule has 0 aliphatic rings. The van der Waals surface area contributed by atoms with Crippen molar-refractivity contribution in [2.24, 2.45) is 5.92 Å². The van der Waals surface area contributed by atoms with Crippen LogP contribution in [0.3, 0.4) is 0 Å². The summed E-state index contributed by atoms with van der Waals surface area (Å²) in [6.45, 7) is 8.50. The highest BCUT2D eigenvalue weighted by molar-refractivity contribution is 5.32. The van der Waals surface area contributed by atoms with Crippen LogP contribution < -0.4 is 4.90 Å². The van der Waals surface area contributed by atoms with Gasteiger partial charge in [0.25, 0.3) is 0 Å². The molecule has 102 valence electrons. The topological polar surface area (TPSA) is 58.5 Å². The zero-order chi connectivity index (χ0) is 13.5. The molecule has 5 nitrogen and oxygen atoms in total. The third kappa shape index (κ3) is 4.23.